The molecule has 0 unspecified atom stereocenters. The van der Waals surface area contributed by atoms with Crippen LogP contribution in [0, 0.1) is 16.0 Å². The van der Waals surface area contributed by atoms with Crippen molar-refractivity contribution in [1.29, 1.82) is 0 Å². The molecular weight excluding hydrogens is 402 g/mol. The lowest BCUT2D eigenvalue weighted by atomic mass is 9.96. The van der Waals surface area contributed by atoms with Gasteiger partial charge in [0, 0.05) is 19.2 Å². The zero-order valence-corrected chi connectivity index (χ0v) is 17.4. The number of nitro benzene ring substituents is 1. The molecule has 3 rings (SSSR count). The average Bonchev–Trinajstić information content (AvgIpc) is 2.79. The number of anilines is 2. The summed E-state index contributed by atoms with van der Waals surface area (Å²) in [7, 11) is 1.50. The van der Waals surface area contributed by atoms with Crippen molar-refractivity contribution < 1.29 is 24.0 Å². The molecule has 0 saturated carbocycles. The number of carbonyl (C=O) groups excluding carboxylic acids is 2. The fourth-order valence-corrected chi connectivity index (χ4v) is 3.55. The highest BCUT2D eigenvalue weighted by Gasteiger charge is 2.31. The second kappa shape index (κ2) is 9.92. The number of esters is 1. The summed E-state index contributed by atoms with van der Waals surface area (Å²) in [5.74, 6) is -0.739. The molecule has 0 radical (unpaired) electrons. The molecule has 31 heavy (non-hydrogen) atoms. The van der Waals surface area contributed by atoms with Crippen molar-refractivity contribution in [3.05, 3.63) is 58.6 Å². The molecule has 1 aliphatic heterocycles. The van der Waals surface area contributed by atoms with Crippen LogP contribution in [0.25, 0.3) is 0 Å². The largest absolute Gasteiger partial charge is 0.495 e. The Balaban J connectivity index is 1.54. The Hall–Kier alpha value is -3.62. The van der Waals surface area contributed by atoms with E-state index in [-0.39, 0.29) is 11.6 Å². The summed E-state index contributed by atoms with van der Waals surface area (Å²) in [6.07, 6.45) is 0.0166. The third kappa shape index (κ3) is 5.30. The van der Waals surface area contributed by atoms with Gasteiger partial charge in [0.2, 0.25) is 0 Å². The van der Waals surface area contributed by atoms with E-state index in [0.717, 1.165) is 0 Å². The van der Waals surface area contributed by atoms with Gasteiger partial charge in [-0.05, 0) is 38.0 Å². The van der Waals surface area contributed by atoms with Gasteiger partial charge >= 0.3 is 5.97 Å². The Morgan fingerprint density at radius 2 is 1.77 bits per heavy atom. The number of nitrogens with one attached hydrogen (secondary N) is 1. The molecule has 1 fully saturated rings. The second-order valence-corrected chi connectivity index (χ2v) is 7.28. The first-order chi connectivity index (χ1) is 14.9. The van der Waals surface area contributed by atoms with Crippen LogP contribution in [0.2, 0.25) is 0 Å². The number of para-hydroxylation sites is 4. The molecule has 1 N–H and O–H groups in total. The molecule has 0 spiro atoms. The summed E-state index contributed by atoms with van der Waals surface area (Å²) in [4.78, 5) is 37.7. The Labute approximate surface area is 180 Å². The van der Waals surface area contributed by atoms with Crippen LogP contribution in [-0.4, -0.2) is 43.1 Å². The van der Waals surface area contributed by atoms with Gasteiger partial charge in [-0.3, -0.25) is 19.7 Å². The third-order valence-electron chi connectivity index (χ3n) is 5.27. The normalized spacial score (nSPS) is 15.1. The van der Waals surface area contributed by atoms with E-state index in [9.17, 15) is 19.7 Å². The van der Waals surface area contributed by atoms with Crippen molar-refractivity contribution in [3.63, 3.8) is 0 Å². The lowest BCUT2D eigenvalue weighted by Crippen LogP contribution is -2.39. The number of ether oxygens (including phenoxy) is 2. The Morgan fingerprint density at radius 3 is 2.45 bits per heavy atom. The van der Waals surface area contributed by atoms with Crippen LogP contribution in [0.3, 0.4) is 0 Å². The number of hydrogen-bond acceptors (Lipinski definition) is 7. The number of methoxy groups -OCH3 is 1. The highest BCUT2D eigenvalue weighted by molar-refractivity contribution is 5.96. The fourth-order valence-electron chi connectivity index (χ4n) is 3.55. The van der Waals surface area contributed by atoms with Crippen LogP contribution in [0.1, 0.15) is 19.8 Å². The second-order valence-electron chi connectivity index (χ2n) is 7.28. The van der Waals surface area contributed by atoms with E-state index < -0.39 is 22.9 Å². The minimum atomic E-state index is -0.967. The maximum atomic E-state index is 12.6. The molecule has 1 amide bonds. The molecule has 1 saturated heterocycles. The predicted molar refractivity (Wildman–Crippen MR) is 115 cm³/mol. The lowest BCUT2D eigenvalue weighted by Gasteiger charge is -2.32. The van der Waals surface area contributed by atoms with E-state index in [1.807, 2.05) is 4.90 Å². The number of hydrogen-bond donors (Lipinski definition) is 1. The van der Waals surface area contributed by atoms with Gasteiger partial charge < -0.3 is 19.7 Å². The number of nitrogens with zero attached hydrogens (tertiary/aromatic N) is 2. The standard InChI is InChI=1S/C22H25N3O6/c1-15(21(26)23-17-7-3-6-10-20(17)30-2)31-22(27)16-11-13-24(14-12-16)18-8-4-5-9-19(18)25(28)29/h3-10,15-16H,11-14H2,1-2H3,(H,23,26)/t15-/m1/s1. The van der Waals surface area contributed by atoms with E-state index >= 15 is 0 Å². The molecule has 2 aromatic carbocycles. The van der Waals surface area contributed by atoms with E-state index in [1.165, 1.54) is 20.1 Å². The van der Waals surface area contributed by atoms with Crippen molar-refractivity contribution in [3.8, 4) is 5.75 Å². The molecule has 1 aliphatic rings. The number of nitro groups is 1. The quantitative estimate of drug-likeness (QED) is 0.410. The molecule has 9 heteroatoms. The smallest absolute Gasteiger partial charge is 0.309 e. The van der Waals surface area contributed by atoms with Crippen molar-refractivity contribution in [2.75, 3.05) is 30.4 Å². The van der Waals surface area contributed by atoms with Gasteiger partial charge in [0.15, 0.2) is 6.10 Å². The Morgan fingerprint density at radius 1 is 1.13 bits per heavy atom. The first-order valence-electron chi connectivity index (χ1n) is 10.0. The molecule has 9 nitrogen and oxygen atoms in total. The van der Waals surface area contributed by atoms with Crippen molar-refractivity contribution in [2.24, 2.45) is 5.92 Å². The van der Waals surface area contributed by atoms with Crippen molar-refractivity contribution >= 4 is 28.9 Å². The molecule has 0 aromatic heterocycles. The van der Waals surface area contributed by atoms with Gasteiger partial charge in [-0.15, -0.1) is 0 Å². The van der Waals surface area contributed by atoms with Gasteiger partial charge in [-0.1, -0.05) is 24.3 Å². The zero-order valence-electron chi connectivity index (χ0n) is 17.4. The van der Waals surface area contributed by atoms with Crippen LogP contribution in [0.4, 0.5) is 17.1 Å². The Bertz CT molecular complexity index is 956. The topological polar surface area (TPSA) is 111 Å². The minimum Gasteiger partial charge on any atom is -0.495 e. The van der Waals surface area contributed by atoms with Gasteiger partial charge in [0.25, 0.3) is 11.6 Å². The molecule has 0 aliphatic carbocycles. The average molecular weight is 427 g/mol. The fraction of sp³-hybridized carbons (Fsp3) is 0.364. The number of benzene rings is 2. The summed E-state index contributed by atoms with van der Waals surface area (Å²) in [6.45, 7) is 2.50. The first-order valence-corrected chi connectivity index (χ1v) is 10.0. The Kier molecular flexibility index (Phi) is 7.07. The highest BCUT2D eigenvalue weighted by Crippen LogP contribution is 2.31. The summed E-state index contributed by atoms with van der Waals surface area (Å²) in [5.41, 5.74) is 1.09. The van der Waals surface area contributed by atoms with Crippen LogP contribution in [-0.2, 0) is 14.3 Å². The highest BCUT2D eigenvalue weighted by atomic mass is 16.6. The number of carbonyl (C=O) groups is 2. The molecule has 1 atom stereocenters. The SMILES string of the molecule is COc1ccccc1NC(=O)[C@@H](C)OC(=O)C1CCN(c2ccccc2[N+](=O)[O-])CC1. The van der Waals surface area contributed by atoms with Crippen LogP contribution in [0.5, 0.6) is 5.75 Å². The number of amides is 1. The van der Waals surface area contributed by atoms with E-state index in [1.54, 1.807) is 42.5 Å². The summed E-state index contributed by atoms with van der Waals surface area (Å²) in [5, 5.41) is 14.0. The zero-order chi connectivity index (χ0) is 22.4. The molecule has 2 aromatic rings. The summed E-state index contributed by atoms with van der Waals surface area (Å²) in [6, 6.07) is 13.5. The van der Waals surface area contributed by atoms with Gasteiger partial charge in [-0.2, -0.15) is 0 Å². The van der Waals surface area contributed by atoms with Crippen LogP contribution >= 0.6 is 0 Å². The van der Waals surface area contributed by atoms with Gasteiger partial charge in [0.05, 0.1) is 23.6 Å². The summed E-state index contributed by atoms with van der Waals surface area (Å²) < 4.78 is 10.6. The van der Waals surface area contributed by atoms with Crippen molar-refractivity contribution in [2.45, 2.75) is 25.9 Å². The van der Waals surface area contributed by atoms with Gasteiger partial charge in [0.1, 0.15) is 11.4 Å². The molecular formula is C22H25N3O6. The van der Waals surface area contributed by atoms with Crippen molar-refractivity contribution in [1.82, 2.24) is 0 Å². The molecule has 164 valence electrons. The van der Waals surface area contributed by atoms with E-state index in [4.69, 9.17) is 9.47 Å². The van der Waals surface area contributed by atoms with E-state index in [2.05, 4.69) is 5.32 Å². The minimum absolute atomic E-state index is 0.0464. The third-order valence-corrected chi connectivity index (χ3v) is 5.27. The van der Waals surface area contributed by atoms with Crippen LogP contribution in [0.15, 0.2) is 48.5 Å². The predicted octanol–water partition coefficient (Wildman–Crippen LogP) is 3.39. The van der Waals surface area contributed by atoms with E-state index in [0.29, 0.717) is 43.1 Å². The first kappa shape index (κ1) is 22.1. The summed E-state index contributed by atoms with van der Waals surface area (Å²) >= 11 is 0. The molecule has 0 bridgehead atoms. The number of rotatable bonds is 7. The van der Waals surface area contributed by atoms with Crippen LogP contribution < -0.4 is 15.0 Å². The monoisotopic (exact) mass is 427 g/mol. The van der Waals surface area contributed by atoms with Gasteiger partial charge in [-0.25, -0.2) is 0 Å². The maximum Gasteiger partial charge on any atom is 0.309 e. The molecule has 1 heterocycles. The lowest BCUT2D eigenvalue weighted by molar-refractivity contribution is -0.384. The number of piperidine rings is 1. The maximum absolute atomic E-state index is 12.6.